The van der Waals surface area contributed by atoms with E-state index in [-0.39, 0.29) is 12.0 Å². The minimum absolute atomic E-state index is 0.0244. The van der Waals surface area contributed by atoms with Gasteiger partial charge in [0, 0.05) is 5.56 Å². The largest absolute Gasteiger partial charge is 0.497 e. The first-order valence-corrected chi connectivity index (χ1v) is 6.78. The molecule has 1 amide bonds. The quantitative estimate of drug-likeness (QED) is 0.678. The Morgan fingerprint density at radius 1 is 1.30 bits per heavy atom. The lowest BCUT2D eigenvalue weighted by Crippen LogP contribution is -2.34. The van der Waals surface area contributed by atoms with Crippen LogP contribution in [0.5, 0.6) is 5.75 Å². The van der Waals surface area contributed by atoms with E-state index >= 15 is 0 Å². The van der Waals surface area contributed by atoms with E-state index in [2.05, 4.69) is 10.3 Å². The maximum Gasteiger partial charge on any atom is 0.292 e. The summed E-state index contributed by atoms with van der Waals surface area (Å²) in [5, 5.41) is 2.72. The maximum atomic E-state index is 12.1. The number of nitrogens with zero attached hydrogens (tertiary/aromatic N) is 1. The molecule has 0 saturated heterocycles. The molecule has 0 aromatic heterocycles. The number of nitrogens with one attached hydrogen (secondary N) is 1. The van der Waals surface area contributed by atoms with Crippen molar-refractivity contribution in [3.05, 3.63) is 29.8 Å². The van der Waals surface area contributed by atoms with Gasteiger partial charge in [0.05, 0.1) is 19.3 Å². The predicted molar refractivity (Wildman–Crippen MR) is 77.1 cm³/mol. The Balaban J connectivity index is 2.02. The number of benzene rings is 1. The Morgan fingerprint density at radius 3 is 2.45 bits per heavy atom. The molecule has 0 atom stereocenters. The monoisotopic (exact) mass is 276 g/mol. The van der Waals surface area contributed by atoms with Crippen LogP contribution < -0.4 is 10.1 Å². The molecule has 0 bridgehead atoms. The van der Waals surface area contributed by atoms with Gasteiger partial charge in [-0.25, -0.2) is 4.99 Å². The molecule has 1 N–H and O–H groups in total. The predicted octanol–water partition coefficient (Wildman–Crippen LogP) is 2.37. The molecule has 1 fully saturated rings. The number of carbonyl (C=O) groups is 1. The summed E-state index contributed by atoms with van der Waals surface area (Å²) >= 11 is 0. The van der Waals surface area contributed by atoms with Crippen molar-refractivity contribution in [3.8, 4) is 5.75 Å². The summed E-state index contributed by atoms with van der Waals surface area (Å²) in [5.74, 6) is 0.486. The Hall–Kier alpha value is -2.04. The van der Waals surface area contributed by atoms with Gasteiger partial charge in [-0.3, -0.25) is 10.1 Å². The zero-order chi connectivity index (χ0) is 14.5. The molecular formula is C15H20N2O3. The van der Waals surface area contributed by atoms with E-state index in [1.807, 2.05) is 13.8 Å². The highest BCUT2D eigenvalue weighted by Gasteiger charge is 2.23. The molecule has 5 heteroatoms. The van der Waals surface area contributed by atoms with Crippen LogP contribution in [0.25, 0.3) is 0 Å². The second-order valence-electron chi connectivity index (χ2n) is 5.01. The van der Waals surface area contributed by atoms with Gasteiger partial charge in [0.15, 0.2) is 0 Å². The molecule has 0 heterocycles. The van der Waals surface area contributed by atoms with E-state index < -0.39 is 0 Å². The van der Waals surface area contributed by atoms with Crippen molar-refractivity contribution in [1.82, 2.24) is 5.32 Å². The smallest absolute Gasteiger partial charge is 0.292 e. The van der Waals surface area contributed by atoms with Crippen LogP contribution in [-0.4, -0.2) is 31.2 Å². The van der Waals surface area contributed by atoms with E-state index in [4.69, 9.17) is 9.47 Å². The summed E-state index contributed by atoms with van der Waals surface area (Å²) in [7, 11) is 1.59. The molecule has 1 saturated carbocycles. The molecule has 108 valence electrons. The second-order valence-corrected chi connectivity index (χ2v) is 5.01. The van der Waals surface area contributed by atoms with Crippen molar-refractivity contribution in [2.75, 3.05) is 7.11 Å². The molecule has 1 aliphatic carbocycles. The summed E-state index contributed by atoms with van der Waals surface area (Å²) < 4.78 is 10.6. The number of ether oxygens (including phenoxy) is 2. The van der Waals surface area contributed by atoms with Gasteiger partial charge in [0.1, 0.15) is 5.75 Å². The number of aliphatic imine (C=N–C) groups is 1. The average Bonchev–Trinajstić information content (AvgIpc) is 3.22. The van der Waals surface area contributed by atoms with Gasteiger partial charge in [-0.15, -0.1) is 0 Å². The molecule has 1 aliphatic rings. The van der Waals surface area contributed by atoms with Crippen molar-refractivity contribution in [2.24, 2.45) is 4.99 Å². The van der Waals surface area contributed by atoms with E-state index in [1.165, 1.54) is 0 Å². The third kappa shape index (κ3) is 4.26. The number of amides is 1. The van der Waals surface area contributed by atoms with Crippen molar-refractivity contribution < 1.29 is 14.3 Å². The summed E-state index contributed by atoms with van der Waals surface area (Å²) in [6.45, 7) is 3.81. The van der Waals surface area contributed by atoms with E-state index in [1.54, 1.807) is 31.4 Å². The first kappa shape index (κ1) is 14.4. The highest BCUT2D eigenvalue weighted by Crippen LogP contribution is 2.23. The molecule has 1 aromatic carbocycles. The molecule has 1 aromatic rings. The third-order valence-electron chi connectivity index (χ3n) is 2.77. The Kier molecular flexibility index (Phi) is 4.61. The van der Waals surface area contributed by atoms with Crippen LogP contribution in [0, 0.1) is 0 Å². The second kappa shape index (κ2) is 6.41. The Labute approximate surface area is 119 Å². The van der Waals surface area contributed by atoms with E-state index in [0.717, 1.165) is 12.8 Å². The van der Waals surface area contributed by atoms with Gasteiger partial charge in [-0.1, -0.05) is 0 Å². The first-order valence-electron chi connectivity index (χ1n) is 6.78. The Morgan fingerprint density at radius 2 is 1.95 bits per heavy atom. The molecule has 2 rings (SSSR count). The van der Waals surface area contributed by atoms with Crippen LogP contribution in [0.4, 0.5) is 0 Å². The highest BCUT2D eigenvalue weighted by atomic mass is 16.5. The molecular weight excluding hydrogens is 256 g/mol. The summed E-state index contributed by atoms with van der Waals surface area (Å²) in [6.07, 6.45) is 2.09. The van der Waals surface area contributed by atoms with Gasteiger partial charge >= 0.3 is 0 Å². The Bertz CT molecular complexity index is 490. The van der Waals surface area contributed by atoms with Crippen molar-refractivity contribution in [2.45, 2.75) is 38.8 Å². The average molecular weight is 276 g/mol. The molecule has 5 nitrogen and oxygen atoms in total. The zero-order valence-electron chi connectivity index (χ0n) is 12.1. The molecule has 20 heavy (non-hydrogen) atoms. The normalized spacial score (nSPS) is 15.1. The maximum absolute atomic E-state index is 12.1. The van der Waals surface area contributed by atoms with Crippen molar-refractivity contribution >= 4 is 11.9 Å². The summed E-state index contributed by atoms with van der Waals surface area (Å²) in [6, 6.07) is 7.51. The number of hydrogen-bond donors (Lipinski definition) is 1. The number of rotatable bonds is 4. The van der Waals surface area contributed by atoms with Crippen LogP contribution in [0.1, 0.15) is 37.0 Å². The third-order valence-corrected chi connectivity index (χ3v) is 2.77. The lowest BCUT2D eigenvalue weighted by molar-refractivity contribution is 0.0959. The summed E-state index contributed by atoms with van der Waals surface area (Å²) in [4.78, 5) is 16.5. The molecule has 0 aliphatic heterocycles. The van der Waals surface area contributed by atoms with Crippen molar-refractivity contribution in [3.63, 3.8) is 0 Å². The van der Waals surface area contributed by atoms with Crippen molar-refractivity contribution in [1.29, 1.82) is 0 Å². The topological polar surface area (TPSA) is 59.9 Å². The summed E-state index contributed by atoms with van der Waals surface area (Å²) in [5.41, 5.74) is 0.543. The molecule has 0 radical (unpaired) electrons. The number of hydrogen-bond acceptors (Lipinski definition) is 4. The van der Waals surface area contributed by atoms with Crippen LogP contribution in [0.15, 0.2) is 29.3 Å². The fourth-order valence-electron chi connectivity index (χ4n) is 1.60. The van der Waals surface area contributed by atoms with Crippen LogP contribution in [-0.2, 0) is 4.74 Å². The van der Waals surface area contributed by atoms with Crippen LogP contribution >= 0.6 is 0 Å². The van der Waals surface area contributed by atoms with Gasteiger partial charge < -0.3 is 9.47 Å². The highest BCUT2D eigenvalue weighted by molar-refractivity contribution is 6.04. The van der Waals surface area contributed by atoms with E-state index in [9.17, 15) is 4.79 Å². The molecule has 0 spiro atoms. The van der Waals surface area contributed by atoms with Crippen LogP contribution in [0.3, 0.4) is 0 Å². The van der Waals surface area contributed by atoms with Gasteiger partial charge in [-0.2, -0.15) is 0 Å². The minimum atomic E-state index is -0.229. The SMILES string of the molecule is COc1ccc(C(=O)NC(=NC2CC2)OC(C)C)cc1. The number of methoxy groups -OCH3 is 1. The van der Waals surface area contributed by atoms with Gasteiger partial charge in [-0.05, 0) is 51.0 Å². The van der Waals surface area contributed by atoms with Crippen LogP contribution in [0.2, 0.25) is 0 Å². The lowest BCUT2D eigenvalue weighted by atomic mass is 10.2. The number of amidine groups is 1. The fourth-order valence-corrected chi connectivity index (χ4v) is 1.60. The fraction of sp³-hybridized carbons (Fsp3) is 0.467. The molecule has 0 unspecified atom stereocenters. The van der Waals surface area contributed by atoms with E-state index in [0.29, 0.717) is 23.4 Å². The lowest BCUT2D eigenvalue weighted by Gasteiger charge is -2.13. The van der Waals surface area contributed by atoms with Gasteiger partial charge in [0.2, 0.25) is 0 Å². The zero-order valence-corrected chi connectivity index (χ0v) is 12.1. The standard InChI is InChI=1S/C15H20N2O3/c1-10(2)20-15(16-12-6-7-12)17-14(18)11-4-8-13(19-3)9-5-11/h4-5,8-10,12H,6-7H2,1-3H3,(H,16,17,18). The minimum Gasteiger partial charge on any atom is -0.497 e. The number of carbonyl (C=O) groups excluding carboxylic acids is 1. The first-order chi connectivity index (χ1) is 9.58. The van der Waals surface area contributed by atoms with Gasteiger partial charge in [0.25, 0.3) is 11.9 Å².